The summed E-state index contributed by atoms with van der Waals surface area (Å²) in [6, 6.07) is 0.191. The molecule has 1 unspecified atom stereocenters. The van der Waals surface area contributed by atoms with Crippen molar-refractivity contribution in [3.63, 3.8) is 0 Å². The van der Waals surface area contributed by atoms with Crippen molar-refractivity contribution in [3.05, 3.63) is 18.2 Å². The van der Waals surface area contributed by atoms with Crippen molar-refractivity contribution in [2.45, 2.75) is 19.1 Å². The fourth-order valence-corrected chi connectivity index (χ4v) is 1.33. The van der Waals surface area contributed by atoms with E-state index in [1.54, 1.807) is 6.20 Å². The van der Waals surface area contributed by atoms with Gasteiger partial charge in [-0.3, -0.25) is 0 Å². The van der Waals surface area contributed by atoms with Gasteiger partial charge in [0.05, 0.1) is 13.2 Å². The Bertz CT molecular complexity index is 246. The third-order valence-electron chi connectivity index (χ3n) is 1.99. The van der Waals surface area contributed by atoms with Gasteiger partial charge < -0.3 is 15.0 Å². The maximum Gasteiger partial charge on any atom is 0.122 e. The number of nitrogens with one attached hydrogen (secondary N) is 1. The second-order valence-electron chi connectivity index (χ2n) is 2.76. The van der Waals surface area contributed by atoms with Gasteiger partial charge in [0.15, 0.2) is 0 Å². The molecule has 1 aromatic heterocycles. The van der Waals surface area contributed by atoms with Gasteiger partial charge in [-0.2, -0.15) is 0 Å². The Morgan fingerprint density at radius 3 is 3.55 bits per heavy atom. The van der Waals surface area contributed by atoms with Gasteiger partial charge in [0.1, 0.15) is 5.82 Å². The largest absolute Gasteiger partial charge is 0.395 e. The number of imidazole rings is 1. The highest BCUT2D eigenvalue weighted by Gasteiger charge is 2.15. The van der Waals surface area contributed by atoms with Crippen LogP contribution in [0.1, 0.15) is 5.82 Å². The number of fused-ring (bicyclic) bond motifs is 1. The summed E-state index contributed by atoms with van der Waals surface area (Å²) in [6.07, 6.45) is 3.73. The van der Waals surface area contributed by atoms with E-state index in [9.17, 15) is 0 Å². The van der Waals surface area contributed by atoms with E-state index in [-0.39, 0.29) is 12.6 Å². The number of rotatable bonds is 1. The molecule has 1 aliphatic heterocycles. The molecule has 0 saturated carbocycles. The van der Waals surface area contributed by atoms with Crippen LogP contribution >= 0.6 is 0 Å². The average Bonchev–Trinajstić information content (AvgIpc) is 2.50. The SMILES string of the molecule is OCC1Cn2ccnc2CN1. The minimum Gasteiger partial charge on any atom is -0.395 e. The number of aromatic nitrogens is 2. The fraction of sp³-hybridized carbons (Fsp3) is 0.571. The number of aliphatic hydroxyl groups excluding tert-OH is 1. The van der Waals surface area contributed by atoms with Gasteiger partial charge in [-0.25, -0.2) is 4.98 Å². The molecule has 2 rings (SSSR count). The molecule has 11 heavy (non-hydrogen) atoms. The van der Waals surface area contributed by atoms with E-state index in [1.165, 1.54) is 0 Å². The summed E-state index contributed by atoms with van der Waals surface area (Å²) in [5.74, 6) is 1.05. The first-order valence-electron chi connectivity index (χ1n) is 3.74. The second kappa shape index (κ2) is 2.64. The summed E-state index contributed by atoms with van der Waals surface area (Å²) in [5, 5.41) is 12.0. The standard InChI is InChI=1S/C7H11N3O/c11-5-6-4-10-2-1-8-7(10)3-9-6/h1-2,6,9,11H,3-5H2. The van der Waals surface area contributed by atoms with Crippen molar-refractivity contribution >= 4 is 0 Å². The Kier molecular flexibility index (Phi) is 1.63. The third kappa shape index (κ3) is 1.15. The maximum absolute atomic E-state index is 8.86. The van der Waals surface area contributed by atoms with Crippen LogP contribution in [0.25, 0.3) is 0 Å². The lowest BCUT2D eigenvalue weighted by Crippen LogP contribution is -2.41. The molecule has 60 valence electrons. The van der Waals surface area contributed by atoms with Crippen molar-refractivity contribution in [1.82, 2.24) is 14.9 Å². The zero-order chi connectivity index (χ0) is 7.68. The molecule has 0 bridgehead atoms. The summed E-state index contributed by atoms with van der Waals surface area (Å²) in [6.45, 7) is 1.78. The monoisotopic (exact) mass is 153 g/mol. The molecule has 0 aromatic carbocycles. The zero-order valence-electron chi connectivity index (χ0n) is 6.20. The van der Waals surface area contributed by atoms with E-state index < -0.39 is 0 Å². The summed E-state index contributed by atoms with van der Waals surface area (Å²) < 4.78 is 2.07. The Morgan fingerprint density at radius 1 is 1.82 bits per heavy atom. The molecule has 0 fully saturated rings. The highest BCUT2D eigenvalue weighted by atomic mass is 16.3. The Morgan fingerprint density at radius 2 is 2.73 bits per heavy atom. The van der Waals surface area contributed by atoms with Gasteiger partial charge in [-0.15, -0.1) is 0 Å². The van der Waals surface area contributed by atoms with Crippen LogP contribution in [0.4, 0.5) is 0 Å². The van der Waals surface area contributed by atoms with Crippen molar-refractivity contribution in [2.75, 3.05) is 6.61 Å². The Balaban J connectivity index is 2.18. The van der Waals surface area contributed by atoms with Crippen molar-refractivity contribution in [3.8, 4) is 0 Å². The number of hydrogen-bond donors (Lipinski definition) is 2. The highest BCUT2D eigenvalue weighted by Crippen LogP contribution is 2.05. The molecule has 4 nitrogen and oxygen atoms in total. The Hall–Kier alpha value is -0.870. The van der Waals surface area contributed by atoms with Gasteiger partial charge in [-0.05, 0) is 0 Å². The number of nitrogens with zero attached hydrogens (tertiary/aromatic N) is 2. The second-order valence-corrected chi connectivity index (χ2v) is 2.76. The van der Waals surface area contributed by atoms with E-state index in [0.29, 0.717) is 0 Å². The summed E-state index contributed by atoms with van der Waals surface area (Å²) in [5.41, 5.74) is 0. The highest BCUT2D eigenvalue weighted by molar-refractivity contribution is 4.96. The molecular formula is C7H11N3O. The molecule has 1 aromatic rings. The molecule has 4 heteroatoms. The van der Waals surface area contributed by atoms with Crippen molar-refractivity contribution in [1.29, 1.82) is 0 Å². The molecule has 2 heterocycles. The van der Waals surface area contributed by atoms with Crippen molar-refractivity contribution < 1.29 is 5.11 Å². The molecular weight excluding hydrogens is 142 g/mol. The topological polar surface area (TPSA) is 50.1 Å². The van der Waals surface area contributed by atoms with E-state index in [4.69, 9.17) is 5.11 Å². The lowest BCUT2D eigenvalue weighted by atomic mass is 10.2. The van der Waals surface area contributed by atoms with Gasteiger partial charge in [0.25, 0.3) is 0 Å². The van der Waals surface area contributed by atoms with Crippen LogP contribution in [0.5, 0.6) is 0 Å². The quantitative estimate of drug-likeness (QED) is 0.563. The maximum atomic E-state index is 8.86. The van der Waals surface area contributed by atoms with Crippen molar-refractivity contribution in [2.24, 2.45) is 0 Å². The van der Waals surface area contributed by atoms with Crippen LogP contribution in [0, 0.1) is 0 Å². The predicted molar refractivity (Wildman–Crippen MR) is 39.9 cm³/mol. The zero-order valence-corrected chi connectivity index (χ0v) is 6.20. The van der Waals surface area contributed by atoms with E-state index >= 15 is 0 Å². The van der Waals surface area contributed by atoms with Gasteiger partial charge in [0.2, 0.25) is 0 Å². The summed E-state index contributed by atoms with van der Waals surface area (Å²) >= 11 is 0. The number of aliphatic hydroxyl groups is 1. The summed E-state index contributed by atoms with van der Waals surface area (Å²) in [7, 11) is 0. The molecule has 0 spiro atoms. The fourth-order valence-electron chi connectivity index (χ4n) is 1.33. The third-order valence-corrected chi connectivity index (χ3v) is 1.99. The molecule has 0 aliphatic carbocycles. The van der Waals surface area contributed by atoms with E-state index in [1.807, 2.05) is 6.20 Å². The van der Waals surface area contributed by atoms with Crippen LogP contribution in [0.3, 0.4) is 0 Å². The molecule has 0 radical (unpaired) electrons. The van der Waals surface area contributed by atoms with Crippen LogP contribution in [-0.4, -0.2) is 27.3 Å². The van der Waals surface area contributed by atoms with Crippen LogP contribution in [0.2, 0.25) is 0 Å². The lowest BCUT2D eigenvalue weighted by Gasteiger charge is -2.23. The minimum absolute atomic E-state index is 0.191. The van der Waals surface area contributed by atoms with Crippen LogP contribution < -0.4 is 5.32 Å². The predicted octanol–water partition coefficient (Wildman–Crippen LogP) is -0.653. The van der Waals surface area contributed by atoms with Crippen LogP contribution in [-0.2, 0) is 13.1 Å². The smallest absolute Gasteiger partial charge is 0.122 e. The molecule has 0 saturated heterocycles. The first kappa shape index (κ1) is 6.82. The summed E-state index contributed by atoms with van der Waals surface area (Å²) in [4.78, 5) is 4.14. The van der Waals surface area contributed by atoms with E-state index in [0.717, 1.165) is 18.9 Å². The number of hydrogen-bond acceptors (Lipinski definition) is 3. The van der Waals surface area contributed by atoms with Gasteiger partial charge in [-0.1, -0.05) is 0 Å². The lowest BCUT2D eigenvalue weighted by molar-refractivity contribution is 0.214. The first-order chi connectivity index (χ1) is 5.40. The molecule has 1 atom stereocenters. The normalized spacial score (nSPS) is 23.2. The van der Waals surface area contributed by atoms with Gasteiger partial charge in [0, 0.05) is 25.0 Å². The van der Waals surface area contributed by atoms with E-state index in [2.05, 4.69) is 14.9 Å². The molecule has 1 aliphatic rings. The average molecular weight is 153 g/mol. The molecule has 2 N–H and O–H groups in total. The van der Waals surface area contributed by atoms with Crippen LogP contribution in [0.15, 0.2) is 12.4 Å². The molecule has 0 amide bonds. The Labute approximate surface area is 64.9 Å². The minimum atomic E-state index is 0.191. The first-order valence-corrected chi connectivity index (χ1v) is 3.74. The van der Waals surface area contributed by atoms with Gasteiger partial charge >= 0.3 is 0 Å².